The second kappa shape index (κ2) is 5.48. The fourth-order valence-electron chi connectivity index (χ4n) is 2.13. The van der Waals surface area contributed by atoms with Crippen LogP contribution < -0.4 is 0 Å². The molecule has 0 spiro atoms. The second-order valence-corrected chi connectivity index (χ2v) is 5.89. The van der Waals surface area contributed by atoms with E-state index < -0.39 is 5.60 Å². The second-order valence-electron chi connectivity index (χ2n) is 5.89. The van der Waals surface area contributed by atoms with E-state index in [4.69, 9.17) is 10.3 Å². The number of ether oxygens (including phenoxy) is 1. The molecule has 0 radical (unpaired) electrons. The van der Waals surface area contributed by atoms with Crippen molar-refractivity contribution in [3.05, 3.63) is 10.4 Å². The van der Waals surface area contributed by atoms with Gasteiger partial charge in [0.15, 0.2) is 0 Å². The van der Waals surface area contributed by atoms with E-state index >= 15 is 0 Å². The summed E-state index contributed by atoms with van der Waals surface area (Å²) in [5.74, 6) is 0. The van der Waals surface area contributed by atoms with Crippen LogP contribution in [0.3, 0.4) is 0 Å². The lowest BCUT2D eigenvalue weighted by atomic mass is 9.84. The number of hydrogen-bond donors (Lipinski definition) is 0. The molecule has 1 heterocycles. The molecule has 6 heteroatoms. The molecule has 1 fully saturated rings. The first-order valence-electron chi connectivity index (χ1n) is 6.31. The molecule has 1 amide bonds. The van der Waals surface area contributed by atoms with Crippen LogP contribution in [0.4, 0.5) is 4.79 Å². The lowest BCUT2D eigenvalue weighted by Crippen LogP contribution is -2.37. The summed E-state index contributed by atoms with van der Waals surface area (Å²) < 4.78 is 5.35. The van der Waals surface area contributed by atoms with Crippen molar-refractivity contribution in [1.82, 2.24) is 4.90 Å². The summed E-state index contributed by atoms with van der Waals surface area (Å²) in [6.07, 6.45) is 1.48. The Labute approximate surface area is 108 Å². The first-order chi connectivity index (χ1) is 8.32. The molecule has 0 N–H and O–H groups in total. The van der Waals surface area contributed by atoms with E-state index in [0.717, 1.165) is 12.8 Å². The van der Waals surface area contributed by atoms with Gasteiger partial charge in [-0.2, -0.15) is 0 Å². The molecule has 1 aliphatic heterocycles. The molecule has 18 heavy (non-hydrogen) atoms. The lowest BCUT2D eigenvalue weighted by molar-refractivity contribution is 0.0273. The third-order valence-corrected chi connectivity index (χ3v) is 3.31. The molecule has 0 saturated carbocycles. The van der Waals surface area contributed by atoms with E-state index in [9.17, 15) is 4.79 Å². The molecular weight excluding hydrogens is 232 g/mol. The van der Waals surface area contributed by atoms with Crippen molar-refractivity contribution in [2.75, 3.05) is 19.6 Å². The topological polar surface area (TPSA) is 78.3 Å². The van der Waals surface area contributed by atoms with Crippen molar-refractivity contribution in [2.45, 2.75) is 46.1 Å². The SMILES string of the molecule is CC[C@@]1(CN=[N+]=[N-])CCN(C(=O)OC(C)(C)C)C1. The maximum absolute atomic E-state index is 11.9. The van der Waals surface area contributed by atoms with Gasteiger partial charge in [0.2, 0.25) is 0 Å². The van der Waals surface area contributed by atoms with Gasteiger partial charge in [0.05, 0.1) is 0 Å². The monoisotopic (exact) mass is 254 g/mol. The summed E-state index contributed by atoms with van der Waals surface area (Å²) in [4.78, 5) is 16.5. The molecule has 1 aliphatic rings. The zero-order chi connectivity index (χ0) is 13.8. The molecule has 102 valence electrons. The maximum Gasteiger partial charge on any atom is 0.410 e. The van der Waals surface area contributed by atoms with Gasteiger partial charge in [-0.05, 0) is 44.6 Å². The van der Waals surface area contributed by atoms with Gasteiger partial charge in [-0.1, -0.05) is 12.0 Å². The number of azide groups is 1. The van der Waals surface area contributed by atoms with E-state index in [1.54, 1.807) is 4.90 Å². The zero-order valence-electron chi connectivity index (χ0n) is 11.6. The Morgan fingerprint density at radius 1 is 1.56 bits per heavy atom. The minimum absolute atomic E-state index is 0.0802. The fourth-order valence-corrected chi connectivity index (χ4v) is 2.13. The summed E-state index contributed by atoms with van der Waals surface area (Å²) in [7, 11) is 0. The van der Waals surface area contributed by atoms with E-state index in [1.807, 2.05) is 20.8 Å². The Morgan fingerprint density at radius 3 is 2.72 bits per heavy atom. The van der Waals surface area contributed by atoms with Crippen molar-refractivity contribution >= 4 is 6.09 Å². The van der Waals surface area contributed by atoms with Crippen LogP contribution in [0.25, 0.3) is 10.4 Å². The van der Waals surface area contributed by atoms with Crippen LogP contribution in [-0.2, 0) is 4.74 Å². The zero-order valence-corrected chi connectivity index (χ0v) is 11.6. The van der Waals surface area contributed by atoms with Crippen molar-refractivity contribution in [3.8, 4) is 0 Å². The average Bonchev–Trinajstić information content (AvgIpc) is 2.69. The summed E-state index contributed by atoms with van der Waals surface area (Å²) in [6, 6.07) is 0. The lowest BCUT2D eigenvalue weighted by Gasteiger charge is -2.27. The Hall–Kier alpha value is -1.42. The van der Waals surface area contributed by atoms with Gasteiger partial charge in [-0.15, -0.1) is 0 Å². The highest BCUT2D eigenvalue weighted by molar-refractivity contribution is 5.68. The predicted molar refractivity (Wildman–Crippen MR) is 69.2 cm³/mol. The van der Waals surface area contributed by atoms with Crippen molar-refractivity contribution in [1.29, 1.82) is 0 Å². The molecule has 6 nitrogen and oxygen atoms in total. The van der Waals surface area contributed by atoms with E-state index in [0.29, 0.717) is 19.6 Å². The molecule has 0 aromatic rings. The molecule has 0 aromatic carbocycles. The van der Waals surface area contributed by atoms with Crippen LogP contribution in [0.2, 0.25) is 0 Å². The van der Waals surface area contributed by atoms with E-state index in [1.165, 1.54) is 0 Å². The Morgan fingerprint density at radius 2 is 2.22 bits per heavy atom. The average molecular weight is 254 g/mol. The highest BCUT2D eigenvalue weighted by Gasteiger charge is 2.39. The van der Waals surface area contributed by atoms with Gasteiger partial charge < -0.3 is 9.64 Å². The number of likely N-dealkylation sites (tertiary alicyclic amines) is 1. The molecule has 1 atom stereocenters. The number of carbonyl (C=O) groups is 1. The van der Waals surface area contributed by atoms with Crippen LogP contribution in [-0.4, -0.2) is 36.2 Å². The van der Waals surface area contributed by atoms with E-state index in [2.05, 4.69) is 16.9 Å². The number of amides is 1. The van der Waals surface area contributed by atoms with Crippen LogP contribution in [0.1, 0.15) is 40.5 Å². The summed E-state index contributed by atoms with van der Waals surface area (Å²) in [5.41, 5.74) is 7.86. The van der Waals surface area contributed by atoms with Gasteiger partial charge in [0.25, 0.3) is 0 Å². The summed E-state index contributed by atoms with van der Waals surface area (Å²) in [6.45, 7) is 9.35. The molecule has 0 bridgehead atoms. The Balaban J connectivity index is 2.63. The standard InChI is InChI=1S/C12H22N4O2/c1-5-12(8-14-15-13)6-7-16(9-12)10(17)18-11(2,3)4/h5-9H2,1-4H3/t12-/m0/s1. The van der Waals surface area contributed by atoms with Crippen molar-refractivity contribution in [3.63, 3.8) is 0 Å². The van der Waals surface area contributed by atoms with Crippen molar-refractivity contribution in [2.24, 2.45) is 10.5 Å². The van der Waals surface area contributed by atoms with Gasteiger partial charge in [-0.3, -0.25) is 0 Å². The maximum atomic E-state index is 11.9. The van der Waals surface area contributed by atoms with Crippen molar-refractivity contribution < 1.29 is 9.53 Å². The first kappa shape index (κ1) is 14.6. The number of hydrogen-bond acceptors (Lipinski definition) is 3. The highest BCUT2D eigenvalue weighted by atomic mass is 16.6. The Bertz CT molecular complexity index is 358. The molecule has 1 saturated heterocycles. The number of rotatable bonds is 3. The van der Waals surface area contributed by atoms with Gasteiger partial charge in [-0.25, -0.2) is 4.79 Å². The number of carbonyl (C=O) groups excluding carboxylic acids is 1. The normalized spacial score (nSPS) is 23.7. The highest BCUT2D eigenvalue weighted by Crippen LogP contribution is 2.35. The third kappa shape index (κ3) is 3.81. The quantitative estimate of drug-likeness (QED) is 0.440. The smallest absolute Gasteiger partial charge is 0.410 e. The fraction of sp³-hybridized carbons (Fsp3) is 0.917. The Kier molecular flexibility index (Phi) is 4.46. The molecule has 0 aromatic heterocycles. The minimum atomic E-state index is -0.473. The molecule has 0 aliphatic carbocycles. The van der Waals surface area contributed by atoms with E-state index in [-0.39, 0.29) is 11.5 Å². The summed E-state index contributed by atoms with van der Waals surface area (Å²) in [5, 5.41) is 3.67. The molecular formula is C12H22N4O2. The third-order valence-electron chi connectivity index (χ3n) is 3.31. The predicted octanol–water partition coefficient (Wildman–Crippen LogP) is 3.33. The van der Waals surface area contributed by atoms with Gasteiger partial charge in [0.1, 0.15) is 5.60 Å². The van der Waals surface area contributed by atoms with Crippen LogP contribution in [0.15, 0.2) is 5.11 Å². The first-order valence-corrected chi connectivity index (χ1v) is 6.31. The van der Waals surface area contributed by atoms with Crippen LogP contribution in [0.5, 0.6) is 0 Å². The molecule has 1 rings (SSSR count). The van der Waals surface area contributed by atoms with Crippen LogP contribution >= 0.6 is 0 Å². The van der Waals surface area contributed by atoms with Gasteiger partial charge in [0, 0.05) is 24.5 Å². The minimum Gasteiger partial charge on any atom is -0.444 e. The van der Waals surface area contributed by atoms with Gasteiger partial charge >= 0.3 is 6.09 Å². The van der Waals surface area contributed by atoms with Crippen LogP contribution in [0, 0.1) is 5.41 Å². The summed E-state index contributed by atoms with van der Waals surface area (Å²) >= 11 is 0. The number of nitrogens with zero attached hydrogens (tertiary/aromatic N) is 4. The molecule has 0 unspecified atom stereocenters. The largest absolute Gasteiger partial charge is 0.444 e.